The number of aryl methyl sites for hydroxylation is 1. The molecule has 0 spiro atoms. The summed E-state index contributed by atoms with van der Waals surface area (Å²) in [5.74, 6) is 2.34. The van der Waals surface area contributed by atoms with Crippen LogP contribution in [0.4, 0.5) is 0 Å². The third kappa shape index (κ3) is 6.33. The van der Waals surface area contributed by atoms with E-state index in [9.17, 15) is 9.59 Å². The van der Waals surface area contributed by atoms with Gasteiger partial charge in [-0.25, -0.2) is 0 Å². The van der Waals surface area contributed by atoms with E-state index in [0.717, 1.165) is 45.9 Å². The van der Waals surface area contributed by atoms with Gasteiger partial charge in [0, 0.05) is 51.3 Å². The van der Waals surface area contributed by atoms with Crippen molar-refractivity contribution in [2.45, 2.75) is 13.3 Å². The molecule has 1 N–H and O–H groups in total. The zero-order valence-electron chi connectivity index (χ0n) is 24.0. The number of nitrogens with one attached hydrogen (secondary N) is 1. The molecule has 0 bridgehead atoms. The molecule has 0 aliphatic carbocycles. The van der Waals surface area contributed by atoms with Gasteiger partial charge in [-0.2, -0.15) is 0 Å². The van der Waals surface area contributed by atoms with E-state index >= 15 is 0 Å². The summed E-state index contributed by atoms with van der Waals surface area (Å²) in [5, 5.41) is 1.10. The molecule has 44 heavy (non-hydrogen) atoms. The van der Waals surface area contributed by atoms with Crippen LogP contribution in [-0.4, -0.2) is 17.1 Å². The summed E-state index contributed by atoms with van der Waals surface area (Å²) in [6, 6.07) is 24.8. The molecule has 0 saturated heterocycles. The molecule has 0 radical (unpaired) electrons. The molecule has 3 aromatic heterocycles. The Kier molecular flexibility index (Phi) is 9.07. The minimum atomic E-state index is -0.0481. The Morgan fingerprint density at radius 3 is 2.64 bits per heavy atom. The Morgan fingerprint density at radius 1 is 1.00 bits per heavy atom. The molecule has 1 aliphatic rings. The van der Waals surface area contributed by atoms with Gasteiger partial charge in [0.2, 0.25) is 0 Å². The molecule has 6 aromatic rings. The molecule has 3 aromatic carbocycles. The van der Waals surface area contributed by atoms with E-state index in [1.807, 2.05) is 55.5 Å². The number of rotatable bonds is 4. The topological polar surface area (TPSA) is 94.4 Å². The number of ether oxygens (including phenoxy) is 2. The Bertz CT molecular complexity index is 2160. The Balaban J connectivity index is 0.000000175. The van der Waals surface area contributed by atoms with E-state index in [1.54, 1.807) is 49.8 Å². The summed E-state index contributed by atoms with van der Waals surface area (Å²) in [5.41, 5.74) is 6.38. The standard InChI is InChI=1S/C20H14NO3.C16H13NO2.Pt/c1-12-3-5-18-15(9-12)20(22)16-10-13(4-6-19(16)24-18)17-11-14(23-2)7-8-21-17;1-2-14-5-3-12-9-11(4-6-16(12)19-14)15-10-13(18)7-8-17-15;/h3,5-11H,1-2H3;2,4-10H,1,3H2,(H,17,18);/q-1;;. The van der Waals surface area contributed by atoms with E-state index in [2.05, 4.69) is 22.6 Å². The van der Waals surface area contributed by atoms with Gasteiger partial charge in [-0.15, -0.1) is 23.8 Å². The minimum Gasteiger partial charge on any atom is -0.500 e. The summed E-state index contributed by atoms with van der Waals surface area (Å²) < 4.78 is 16.7. The van der Waals surface area contributed by atoms with Crippen molar-refractivity contribution in [2.75, 3.05) is 7.11 Å². The van der Waals surface area contributed by atoms with E-state index in [0.29, 0.717) is 33.4 Å². The van der Waals surface area contributed by atoms with Gasteiger partial charge in [0.15, 0.2) is 10.9 Å². The van der Waals surface area contributed by atoms with E-state index in [-0.39, 0.29) is 31.9 Å². The summed E-state index contributed by atoms with van der Waals surface area (Å²) >= 11 is 0. The van der Waals surface area contributed by atoms with Crippen molar-refractivity contribution in [1.29, 1.82) is 0 Å². The number of aromatic amines is 1. The van der Waals surface area contributed by atoms with Crippen LogP contribution in [0.1, 0.15) is 11.1 Å². The molecule has 8 heteroatoms. The van der Waals surface area contributed by atoms with Crippen molar-refractivity contribution in [1.82, 2.24) is 9.97 Å². The van der Waals surface area contributed by atoms with Crippen LogP contribution in [0.5, 0.6) is 11.5 Å². The fourth-order valence-electron chi connectivity index (χ4n) is 4.87. The second-order valence-corrected chi connectivity index (χ2v) is 10.0. The average Bonchev–Trinajstić information content (AvgIpc) is 3.05. The maximum absolute atomic E-state index is 12.8. The van der Waals surface area contributed by atoms with Crippen LogP contribution < -0.4 is 20.3 Å². The number of H-pyrrole nitrogens is 1. The van der Waals surface area contributed by atoms with Crippen LogP contribution in [0.15, 0.2) is 124 Å². The van der Waals surface area contributed by atoms with Crippen molar-refractivity contribution in [2.24, 2.45) is 0 Å². The number of aromatic nitrogens is 2. The predicted octanol–water partition coefficient (Wildman–Crippen LogP) is 7.17. The van der Waals surface area contributed by atoms with Crippen LogP contribution in [0, 0.1) is 13.0 Å². The number of methoxy groups -OCH3 is 1. The molecule has 0 fully saturated rings. The SMILES string of the molecule is C=CC1=CCc2cc(-c3cc(=O)cc[nH]3)ccc2O1.COc1ccnc(-c2[c-]cc3oc4ccc(C)cc4c(=O)c3c2)c1.[Pt]. The number of benzene rings is 3. The Morgan fingerprint density at radius 2 is 1.84 bits per heavy atom. The molecule has 7 nitrogen and oxygen atoms in total. The fourth-order valence-corrected chi connectivity index (χ4v) is 4.87. The fraction of sp³-hybridized carbons (Fsp3) is 0.0833. The molecule has 0 amide bonds. The summed E-state index contributed by atoms with van der Waals surface area (Å²) in [6.45, 7) is 5.65. The largest absolute Gasteiger partial charge is 0.500 e. The van der Waals surface area contributed by atoms with Gasteiger partial charge in [0.1, 0.15) is 22.8 Å². The zero-order chi connectivity index (χ0) is 29.9. The van der Waals surface area contributed by atoms with Crippen LogP contribution in [0.3, 0.4) is 0 Å². The first-order chi connectivity index (χ1) is 20.9. The third-order valence-electron chi connectivity index (χ3n) is 7.10. The molecule has 0 unspecified atom stereocenters. The Hall–Kier alpha value is -5.00. The number of pyridine rings is 2. The second-order valence-electron chi connectivity index (χ2n) is 10.0. The van der Waals surface area contributed by atoms with Crippen LogP contribution in [0.25, 0.3) is 44.5 Å². The van der Waals surface area contributed by atoms with Gasteiger partial charge in [-0.3, -0.25) is 9.59 Å². The number of hydrogen-bond acceptors (Lipinski definition) is 6. The normalized spacial score (nSPS) is 11.7. The molecule has 0 saturated carbocycles. The maximum atomic E-state index is 12.8. The predicted molar refractivity (Wildman–Crippen MR) is 168 cm³/mol. The Labute approximate surface area is 267 Å². The monoisotopic (exact) mass is 762 g/mol. The van der Waals surface area contributed by atoms with Gasteiger partial charge in [0.05, 0.1) is 18.1 Å². The number of hydrogen-bond donors (Lipinski definition) is 1. The first-order valence-corrected chi connectivity index (χ1v) is 13.6. The zero-order valence-corrected chi connectivity index (χ0v) is 26.2. The van der Waals surface area contributed by atoms with E-state index in [1.165, 1.54) is 6.07 Å². The quantitative estimate of drug-likeness (QED) is 0.151. The smallest absolute Gasteiger partial charge is 0.182 e. The van der Waals surface area contributed by atoms with Crippen molar-refractivity contribution < 1.29 is 35.0 Å². The van der Waals surface area contributed by atoms with Crippen molar-refractivity contribution in [3.63, 3.8) is 0 Å². The molecule has 0 atom stereocenters. The van der Waals surface area contributed by atoms with Gasteiger partial charge < -0.3 is 23.9 Å². The van der Waals surface area contributed by atoms with Crippen LogP contribution >= 0.6 is 0 Å². The van der Waals surface area contributed by atoms with Gasteiger partial charge in [-0.1, -0.05) is 18.2 Å². The van der Waals surface area contributed by atoms with Crippen molar-refractivity contribution >= 4 is 21.9 Å². The minimum absolute atomic E-state index is 0. The van der Waals surface area contributed by atoms with E-state index in [4.69, 9.17) is 13.9 Å². The number of fused-ring (bicyclic) bond motifs is 3. The summed E-state index contributed by atoms with van der Waals surface area (Å²) in [6.07, 6.45) is 7.82. The molecule has 7 rings (SSSR count). The number of allylic oxidation sites excluding steroid dienone is 2. The van der Waals surface area contributed by atoms with Gasteiger partial charge >= 0.3 is 0 Å². The summed E-state index contributed by atoms with van der Waals surface area (Å²) in [4.78, 5) is 31.6. The third-order valence-corrected chi connectivity index (χ3v) is 7.10. The molecule has 1 aliphatic heterocycles. The first kappa shape index (κ1) is 30.5. The van der Waals surface area contributed by atoms with E-state index < -0.39 is 0 Å². The second kappa shape index (κ2) is 13.1. The van der Waals surface area contributed by atoms with Crippen LogP contribution in [0.2, 0.25) is 0 Å². The van der Waals surface area contributed by atoms with Gasteiger partial charge in [-0.05, 0) is 90.2 Å². The molecule has 4 heterocycles. The molecular weight excluding hydrogens is 735 g/mol. The molecular formula is C36H27N2O5Pt-. The van der Waals surface area contributed by atoms with Crippen LogP contribution in [-0.2, 0) is 27.5 Å². The first-order valence-electron chi connectivity index (χ1n) is 13.6. The van der Waals surface area contributed by atoms with Crippen molar-refractivity contribution in [3.05, 3.63) is 147 Å². The number of nitrogens with zero attached hydrogens (tertiary/aromatic N) is 1. The maximum Gasteiger partial charge on any atom is 0.182 e. The molecule has 222 valence electrons. The summed E-state index contributed by atoms with van der Waals surface area (Å²) in [7, 11) is 1.60. The van der Waals surface area contributed by atoms with Gasteiger partial charge in [0.25, 0.3) is 0 Å². The van der Waals surface area contributed by atoms with Crippen molar-refractivity contribution in [3.8, 4) is 34.0 Å². The average molecular weight is 763 g/mol.